The van der Waals surface area contributed by atoms with Gasteiger partial charge in [0.05, 0.1) is 19.3 Å². The molecule has 1 unspecified atom stereocenters. The summed E-state index contributed by atoms with van der Waals surface area (Å²) in [5, 5.41) is 0. The van der Waals surface area contributed by atoms with Gasteiger partial charge in [0.15, 0.2) is 5.79 Å². The normalized spacial score (nSPS) is 51.0. The summed E-state index contributed by atoms with van der Waals surface area (Å²) in [6, 6.07) is 0. The Labute approximate surface area is 165 Å². The van der Waals surface area contributed by atoms with Gasteiger partial charge in [0.25, 0.3) is 0 Å². The molecule has 1 spiro atoms. The Bertz CT molecular complexity index is 556. The first-order valence-electron chi connectivity index (χ1n) is 11.9. The molecule has 0 N–H and O–H groups in total. The SMILES string of the molecule is CCCO[C@@H]1CC[C@@]2(C)C(CC[C@@H]3[C@@H]2CC[C@@]2(C)[C@H]3CCC23OCCO3)C1. The summed E-state index contributed by atoms with van der Waals surface area (Å²) in [5.74, 6) is 3.25. The number of hydrogen-bond acceptors (Lipinski definition) is 3. The largest absolute Gasteiger partial charge is 0.378 e. The molecule has 5 fully saturated rings. The third-order valence-electron chi connectivity index (χ3n) is 9.97. The first-order valence-corrected chi connectivity index (χ1v) is 11.9. The van der Waals surface area contributed by atoms with Crippen molar-refractivity contribution < 1.29 is 14.2 Å². The van der Waals surface area contributed by atoms with Gasteiger partial charge in [-0.25, -0.2) is 0 Å². The summed E-state index contributed by atoms with van der Waals surface area (Å²) in [4.78, 5) is 0. The van der Waals surface area contributed by atoms with E-state index in [1.165, 1.54) is 51.4 Å². The van der Waals surface area contributed by atoms with E-state index >= 15 is 0 Å². The Balaban J connectivity index is 1.35. The van der Waals surface area contributed by atoms with Crippen molar-refractivity contribution in [3.63, 3.8) is 0 Å². The van der Waals surface area contributed by atoms with Crippen LogP contribution in [0.5, 0.6) is 0 Å². The number of hydrogen-bond donors (Lipinski definition) is 0. The summed E-state index contributed by atoms with van der Waals surface area (Å²) < 4.78 is 18.8. The van der Waals surface area contributed by atoms with E-state index in [0.29, 0.717) is 11.5 Å². The second kappa shape index (κ2) is 6.71. The third kappa shape index (κ3) is 2.63. The van der Waals surface area contributed by atoms with Crippen molar-refractivity contribution in [2.24, 2.45) is 34.5 Å². The van der Waals surface area contributed by atoms with E-state index < -0.39 is 0 Å². The maximum atomic E-state index is 6.30. The average molecular weight is 377 g/mol. The number of fused-ring (bicyclic) bond motifs is 6. The maximum absolute atomic E-state index is 6.30. The monoisotopic (exact) mass is 376 g/mol. The van der Waals surface area contributed by atoms with Crippen molar-refractivity contribution in [2.45, 2.75) is 96.9 Å². The van der Waals surface area contributed by atoms with Crippen molar-refractivity contribution in [3.8, 4) is 0 Å². The van der Waals surface area contributed by atoms with E-state index in [-0.39, 0.29) is 11.2 Å². The predicted molar refractivity (Wildman–Crippen MR) is 106 cm³/mol. The molecule has 0 bridgehead atoms. The molecule has 0 radical (unpaired) electrons. The molecule has 0 amide bonds. The fourth-order valence-electron chi connectivity index (χ4n) is 8.54. The first kappa shape index (κ1) is 18.9. The molecule has 154 valence electrons. The van der Waals surface area contributed by atoms with E-state index in [2.05, 4.69) is 20.8 Å². The molecule has 3 nitrogen and oxygen atoms in total. The van der Waals surface area contributed by atoms with Gasteiger partial charge in [-0.1, -0.05) is 20.8 Å². The molecule has 4 saturated carbocycles. The second-order valence-electron chi connectivity index (χ2n) is 10.9. The minimum absolute atomic E-state index is 0.244. The van der Waals surface area contributed by atoms with Gasteiger partial charge < -0.3 is 14.2 Å². The van der Waals surface area contributed by atoms with Crippen LogP contribution in [0.25, 0.3) is 0 Å². The highest BCUT2D eigenvalue weighted by atomic mass is 16.7. The standard InChI is InChI=1S/C24H40O3/c1-4-13-25-18-7-10-22(2)17(16-18)5-6-19-20(22)8-11-23(3)21(19)9-12-24(23)26-14-15-27-24/h17-21H,4-16H2,1-3H3/t17?,18-,19-,20+,21+,22+,23+/m1/s1. The quantitative estimate of drug-likeness (QED) is 0.645. The zero-order valence-electron chi connectivity index (χ0n) is 17.8. The lowest BCUT2D eigenvalue weighted by Crippen LogP contribution is -2.57. The van der Waals surface area contributed by atoms with Gasteiger partial charge in [0.1, 0.15) is 0 Å². The minimum atomic E-state index is -0.244. The molecule has 1 saturated heterocycles. The minimum Gasteiger partial charge on any atom is -0.378 e. The van der Waals surface area contributed by atoms with Crippen LogP contribution in [0.4, 0.5) is 0 Å². The summed E-state index contributed by atoms with van der Waals surface area (Å²) >= 11 is 0. The van der Waals surface area contributed by atoms with Crippen LogP contribution in [0.15, 0.2) is 0 Å². The van der Waals surface area contributed by atoms with Gasteiger partial charge in [-0.05, 0) is 86.9 Å². The lowest BCUT2D eigenvalue weighted by atomic mass is 9.45. The van der Waals surface area contributed by atoms with Crippen molar-refractivity contribution in [1.29, 1.82) is 0 Å². The zero-order valence-corrected chi connectivity index (χ0v) is 17.8. The zero-order chi connectivity index (χ0) is 18.7. The van der Waals surface area contributed by atoms with E-state index in [1.54, 1.807) is 0 Å². The summed E-state index contributed by atoms with van der Waals surface area (Å²) in [6.45, 7) is 9.94. The number of rotatable bonds is 3. The van der Waals surface area contributed by atoms with Crippen LogP contribution >= 0.6 is 0 Å². The molecule has 7 atom stereocenters. The first-order chi connectivity index (χ1) is 13.0. The fraction of sp³-hybridized carbons (Fsp3) is 1.00. The molecule has 0 aromatic carbocycles. The Hall–Kier alpha value is -0.120. The highest BCUT2D eigenvalue weighted by Gasteiger charge is 2.67. The highest BCUT2D eigenvalue weighted by Crippen LogP contribution is 2.69. The molecular formula is C24H40O3. The number of ether oxygens (including phenoxy) is 3. The van der Waals surface area contributed by atoms with E-state index in [4.69, 9.17) is 14.2 Å². The Morgan fingerprint density at radius 3 is 2.44 bits per heavy atom. The van der Waals surface area contributed by atoms with Crippen molar-refractivity contribution in [1.82, 2.24) is 0 Å². The lowest BCUT2D eigenvalue weighted by molar-refractivity contribution is -0.248. The van der Waals surface area contributed by atoms with Crippen LogP contribution in [-0.2, 0) is 14.2 Å². The van der Waals surface area contributed by atoms with Gasteiger partial charge >= 0.3 is 0 Å². The van der Waals surface area contributed by atoms with Crippen LogP contribution in [0.3, 0.4) is 0 Å². The van der Waals surface area contributed by atoms with Crippen LogP contribution in [0, 0.1) is 34.5 Å². The van der Waals surface area contributed by atoms with Gasteiger partial charge in [-0.3, -0.25) is 0 Å². The van der Waals surface area contributed by atoms with Gasteiger partial charge in [-0.15, -0.1) is 0 Å². The van der Waals surface area contributed by atoms with E-state index in [1.807, 2.05) is 0 Å². The molecule has 27 heavy (non-hydrogen) atoms. The third-order valence-corrected chi connectivity index (χ3v) is 9.97. The molecule has 5 aliphatic rings. The fourth-order valence-corrected chi connectivity index (χ4v) is 8.54. The summed E-state index contributed by atoms with van der Waals surface area (Å²) in [6.07, 6.45) is 13.7. The topological polar surface area (TPSA) is 27.7 Å². The second-order valence-corrected chi connectivity index (χ2v) is 10.9. The van der Waals surface area contributed by atoms with Crippen LogP contribution in [-0.4, -0.2) is 31.7 Å². The van der Waals surface area contributed by atoms with Gasteiger partial charge in [0, 0.05) is 18.4 Å². The van der Waals surface area contributed by atoms with E-state index in [0.717, 1.165) is 56.3 Å². The van der Waals surface area contributed by atoms with Crippen LogP contribution < -0.4 is 0 Å². The molecule has 3 heteroatoms. The molecule has 5 rings (SSSR count). The predicted octanol–water partition coefficient (Wildman–Crippen LogP) is 5.57. The highest BCUT2D eigenvalue weighted by molar-refractivity contribution is 5.12. The molecule has 4 aliphatic carbocycles. The van der Waals surface area contributed by atoms with Gasteiger partial charge in [-0.2, -0.15) is 0 Å². The maximum Gasteiger partial charge on any atom is 0.174 e. The Morgan fingerprint density at radius 1 is 0.889 bits per heavy atom. The summed E-state index contributed by atoms with van der Waals surface area (Å²) in [7, 11) is 0. The average Bonchev–Trinajstić information content (AvgIpc) is 3.26. The lowest BCUT2D eigenvalue weighted by Gasteiger charge is -2.61. The van der Waals surface area contributed by atoms with Crippen LogP contribution in [0.2, 0.25) is 0 Å². The molecule has 0 aromatic heterocycles. The van der Waals surface area contributed by atoms with Crippen molar-refractivity contribution in [2.75, 3.05) is 19.8 Å². The Kier molecular flexibility index (Phi) is 4.69. The smallest absolute Gasteiger partial charge is 0.174 e. The van der Waals surface area contributed by atoms with Crippen molar-refractivity contribution >= 4 is 0 Å². The van der Waals surface area contributed by atoms with Crippen LogP contribution in [0.1, 0.15) is 85.0 Å². The molecule has 0 aromatic rings. The van der Waals surface area contributed by atoms with Gasteiger partial charge in [0.2, 0.25) is 0 Å². The van der Waals surface area contributed by atoms with Crippen molar-refractivity contribution in [3.05, 3.63) is 0 Å². The molecular weight excluding hydrogens is 336 g/mol. The summed E-state index contributed by atoms with van der Waals surface area (Å²) in [5.41, 5.74) is 0.790. The molecule has 1 aliphatic heterocycles. The Morgan fingerprint density at radius 2 is 1.67 bits per heavy atom. The van der Waals surface area contributed by atoms with E-state index in [9.17, 15) is 0 Å². The molecule has 1 heterocycles.